The van der Waals surface area contributed by atoms with Gasteiger partial charge in [0.25, 0.3) is 0 Å². The minimum Gasteiger partial charge on any atom is -0.310 e. The van der Waals surface area contributed by atoms with Gasteiger partial charge < -0.3 is 10.2 Å². The average Bonchev–Trinajstić information content (AvgIpc) is 2.41. The van der Waals surface area contributed by atoms with Gasteiger partial charge in [-0.15, -0.1) is 0 Å². The summed E-state index contributed by atoms with van der Waals surface area (Å²) in [6.07, 6.45) is 2.22. The Balaban J connectivity index is 2.58. The molecule has 120 valence electrons. The predicted octanol–water partition coefficient (Wildman–Crippen LogP) is 2.47. The number of sulfone groups is 1. The van der Waals surface area contributed by atoms with Crippen LogP contribution >= 0.6 is 15.9 Å². The highest BCUT2D eigenvalue weighted by Gasteiger charge is 2.14. The second kappa shape index (κ2) is 8.88. The normalized spacial score (nSPS) is 13.6. The fourth-order valence-corrected chi connectivity index (χ4v) is 3.36. The minimum atomic E-state index is -2.89. The average molecular weight is 377 g/mol. The Morgan fingerprint density at radius 2 is 1.95 bits per heavy atom. The molecule has 0 aliphatic heterocycles. The monoisotopic (exact) mass is 376 g/mol. The molecular formula is C15H25BrN2O2S. The maximum absolute atomic E-state index is 11.2. The SMILES string of the molecule is CCNC(CCN(C)CCS(C)(=O)=O)c1ccccc1Br. The molecule has 0 heterocycles. The fraction of sp³-hybridized carbons (Fsp3) is 0.600. The molecule has 1 rings (SSSR count). The number of hydrogen-bond acceptors (Lipinski definition) is 4. The van der Waals surface area contributed by atoms with E-state index >= 15 is 0 Å². The third-order valence-electron chi connectivity index (χ3n) is 3.37. The maximum atomic E-state index is 11.2. The Hall–Kier alpha value is -0.430. The van der Waals surface area contributed by atoms with Crippen LogP contribution in [0.3, 0.4) is 0 Å². The van der Waals surface area contributed by atoms with Gasteiger partial charge in [-0.1, -0.05) is 41.1 Å². The first-order valence-corrected chi connectivity index (χ1v) is 10.0. The molecule has 21 heavy (non-hydrogen) atoms. The molecule has 0 saturated carbocycles. The second-order valence-corrected chi connectivity index (χ2v) is 8.47. The van der Waals surface area contributed by atoms with Crippen LogP contribution in [0.5, 0.6) is 0 Å². The molecule has 1 aromatic carbocycles. The van der Waals surface area contributed by atoms with Gasteiger partial charge in [0.2, 0.25) is 0 Å². The van der Waals surface area contributed by atoms with E-state index in [4.69, 9.17) is 0 Å². The largest absolute Gasteiger partial charge is 0.310 e. The van der Waals surface area contributed by atoms with Crippen molar-refractivity contribution in [2.24, 2.45) is 0 Å². The zero-order valence-corrected chi connectivity index (χ0v) is 15.4. The molecule has 0 bridgehead atoms. The summed E-state index contributed by atoms with van der Waals surface area (Å²) >= 11 is 3.60. The highest BCUT2D eigenvalue weighted by Crippen LogP contribution is 2.25. The first kappa shape index (κ1) is 18.6. The van der Waals surface area contributed by atoms with Gasteiger partial charge in [0, 0.05) is 23.3 Å². The van der Waals surface area contributed by atoms with Crippen LogP contribution in [0, 0.1) is 0 Å². The summed E-state index contributed by atoms with van der Waals surface area (Å²) in [6.45, 7) is 4.43. The van der Waals surface area contributed by atoms with Gasteiger partial charge in [-0.2, -0.15) is 0 Å². The van der Waals surface area contributed by atoms with Crippen molar-refractivity contribution in [1.29, 1.82) is 0 Å². The molecule has 1 unspecified atom stereocenters. The van der Waals surface area contributed by atoms with E-state index in [9.17, 15) is 8.42 Å². The topological polar surface area (TPSA) is 49.4 Å². The van der Waals surface area contributed by atoms with E-state index in [1.165, 1.54) is 11.8 Å². The molecule has 4 nitrogen and oxygen atoms in total. The predicted molar refractivity (Wildman–Crippen MR) is 92.4 cm³/mol. The van der Waals surface area contributed by atoms with Gasteiger partial charge in [0.1, 0.15) is 9.84 Å². The molecule has 1 atom stereocenters. The Morgan fingerprint density at radius 3 is 2.52 bits per heavy atom. The van der Waals surface area contributed by atoms with Crippen molar-refractivity contribution in [3.63, 3.8) is 0 Å². The van der Waals surface area contributed by atoms with E-state index in [0.29, 0.717) is 6.54 Å². The van der Waals surface area contributed by atoms with Crippen molar-refractivity contribution in [3.8, 4) is 0 Å². The zero-order chi connectivity index (χ0) is 15.9. The minimum absolute atomic E-state index is 0.213. The third-order valence-corrected chi connectivity index (χ3v) is 5.02. The number of hydrogen-bond donors (Lipinski definition) is 1. The summed E-state index contributed by atoms with van der Waals surface area (Å²) in [5, 5.41) is 3.49. The smallest absolute Gasteiger partial charge is 0.148 e. The Labute approximate surface area is 137 Å². The van der Waals surface area contributed by atoms with Crippen LogP contribution in [-0.4, -0.2) is 52.0 Å². The number of nitrogens with zero attached hydrogens (tertiary/aromatic N) is 1. The summed E-state index contributed by atoms with van der Waals surface area (Å²) in [7, 11) is -0.925. The van der Waals surface area contributed by atoms with Crippen molar-refractivity contribution in [3.05, 3.63) is 34.3 Å². The van der Waals surface area contributed by atoms with Crippen LogP contribution in [-0.2, 0) is 9.84 Å². The Kier molecular flexibility index (Phi) is 7.87. The van der Waals surface area contributed by atoms with E-state index in [2.05, 4.69) is 39.1 Å². The first-order valence-electron chi connectivity index (χ1n) is 7.17. The molecule has 1 N–H and O–H groups in total. The lowest BCUT2D eigenvalue weighted by Crippen LogP contribution is -2.30. The standard InChI is InChI=1S/C15H25BrN2O2S/c1-4-17-15(13-7-5-6-8-14(13)16)9-10-18(2)11-12-21(3,19)20/h5-8,15,17H,4,9-12H2,1-3H3. The third kappa shape index (κ3) is 7.40. The van der Waals surface area contributed by atoms with Crippen LogP contribution in [0.25, 0.3) is 0 Å². The molecule has 0 saturated heterocycles. The summed E-state index contributed by atoms with van der Waals surface area (Å²) in [6, 6.07) is 8.49. The molecule has 0 aromatic heterocycles. The van der Waals surface area contributed by atoms with Gasteiger partial charge in [0.15, 0.2) is 0 Å². The molecule has 0 radical (unpaired) electrons. The molecular weight excluding hydrogens is 352 g/mol. The lowest BCUT2D eigenvalue weighted by molar-refractivity contribution is 0.323. The first-order chi connectivity index (χ1) is 9.83. The Bertz CT molecular complexity index is 534. The molecule has 1 aromatic rings. The van der Waals surface area contributed by atoms with Crippen LogP contribution < -0.4 is 5.32 Å². The Morgan fingerprint density at radius 1 is 1.29 bits per heavy atom. The van der Waals surface area contributed by atoms with Crippen molar-refractivity contribution in [2.75, 3.05) is 38.7 Å². The van der Waals surface area contributed by atoms with Crippen LogP contribution in [0.1, 0.15) is 24.9 Å². The van der Waals surface area contributed by atoms with Crippen molar-refractivity contribution in [1.82, 2.24) is 10.2 Å². The van der Waals surface area contributed by atoms with Gasteiger partial charge in [-0.3, -0.25) is 0 Å². The van der Waals surface area contributed by atoms with E-state index in [-0.39, 0.29) is 11.8 Å². The van der Waals surface area contributed by atoms with E-state index < -0.39 is 9.84 Å². The number of benzene rings is 1. The quantitative estimate of drug-likeness (QED) is 0.718. The van der Waals surface area contributed by atoms with E-state index in [1.807, 2.05) is 25.2 Å². The molecule has 0 fully saturated rings. The van der Waals surface area contributed by atoms with Gasteiger partial charge in [-0.25, -0.2) is 8.42 Å². The lowest BCUT2D eigenvalue weighted by atomic mass is 10.0. The van der Waals surface area contributed by atoms with Gasteiger partial charge in [-0.05, 0) is 38.2 Å². The maximum Gasteiger partial charge on any atom is 0.148 e. The number of rotatable bonds is 9. The highest BCUT2D eigenvalue weighted by molar-refractivity contribution is 9.10. The summed E-state index contributed by atoms with van der Waals surface area (Å²) in [5.41, 5.74) is 1.25. The van der Waals surface area contributed by atoms with Crippen LogP contribution in [0.15, 0.2) is 28.7 Å². The van der Waals surface area contributed by atoms with Crippen LogP contribution in [0.4, 0.5) is 0 Å². The lowest BCUT2D eigenvalue weighted by Gasteiger charge is -2.23. The van der Waals surface area contributed by atoms with Crippen LogP contribution in [0.2, 0.25) is 0 Å². The summed E-state index contributed by atoms with van der Waals surface area (Å²) < 4.78 is 23.5. The van der Waals surface area contributed by atoms with Crippen molar-refractivity contribution < 1.29 is 8.42 Å². The summed E-state index contributed by atoms with van der Waals surface area (Å²) in [4.78, 5) is 2.07. The summed E-state index contributed by atoms with van der Waals surface area (Å²) in [5.74, 6) is 0.213. The van der Waals surface area contributed by atoms with E-state index in [1.54, 1.807) is 0 Å². The fourth-order valence-electron chi connectivity index (χ4n) is 2.15. The van der Waals surface area contributed by atoms with E-state index in [0.717, 1.165) is 24.0 Å². The molecule has 6 heteroatoms. The molecule has 0 spiro atoms. The van der Waals surface area contributed by atoms with Gasteiger partial charge in [0.05, 0.1) is 5.75 Å². The molecule has 0 amide bonds. The number of halogens is 1. The molecule has 0 aliphatic carbocycles. The number of nitrogens with one attached hydrogen (secondary N) is 1. The molecule has 0 aliphatic rings. The van der Waals surface area contributed by atoms with Crippen molar-refractivity contribution >= 4 is 25.8 Å². The van der Waals surface area contributed by atoms with Gasteiger partial charge >= 0.3 is 0 Å². The highest BCUT2D eigenvalue weighted by atomic mass is 79.9. The van der Waals surface area contributed by atoms with Crippen molar-refractivity contribution in [2.45, 2.75) is 19.4 Å². The zero-order valence-electron chi connectivity index (χ0n) is 13.0. The second-order valence-electron chi connectivity index (χ2n) is 5.35.